The Morgan fingerprint density at radius 3 is 2.62 bits per heavy atom. The first kappa shape index (κ1) is 13.1. The second-order valence-corrected chi connectivity index (χ2v) is 4.42. The smallest absolute Gasteiger partial charge is 0.126 e. The molecule has 2 unspecified atom stereocenters. The van der Waals surface area contributed by atoms with Gasteiger partial charge in [0, 0.05) is 6.04 Å². The zero-order valence-corrected chi connectivity index (χ0v) is 10.3. The monoisotopic (exact) mass is 224 g/mol. The molecule has 0 aliphatic heterocycles. The van der Waals surface area contributed by atoms with E-state index in [9.17, 15) is 4.39 Å². The number of hydrogen-bond donors (Lipinski definition) is 2. The Bertz CT molecular complexity index is 339. The molecule has 1 rings (SSSR count). The molecule has 0 fully saturated rings. The Hall–Kier alpha value is -0.930. The number of nitrogens with two attached hydrogens (primary N) is 1. The number of hydrazine groups is 1. The van der Waals surface area contributed by atoms with Crippen LogP contribution in [0.2, 0.25) is 0 Å². The Kier molecular flexibility index (Phi) is 4.90. The summed E-state index contributed by atoms with van der Waals surface area (Å²) < 4.78 is 13.5. The van der Waals surface area contributed by atoms with Gasteiger partial charge in [-0.15, -0.1) is 0 Å². The van der Waals surface area contributed by atoms with Gasteiger partial charge in [-0.25, -0.2) is 4.39 Å². The van der Waals surface area contributed by atoms with Gasteiger partial charge < -0.3 is 0 Å². The van der Waals surface area contributed by atoms with E-state index < -0.39 is 0 Å². The first-order chi connectivity index (χ1) is 7.60. The van der Waals surface area contributed by atoms with Crippen LogP contribution in [0.5, 0.6) is 0 Å². The van der Waals surface area contributed by atoms with Crippen LogP contribution in [0.25, 0.3) is 0 Å². The summed E-state index contributed by atoms with van der Waals surface area (Å²) in [6, 6.07) is 5.34. The van der Waals surface area contributed by atoms with Gasteiger partial charge >= 0.3 is 0 Å². The van der Waals surface area contributed by atoms with E-state index >= 15 is 0 Å². The maximum atomic E-state index is 13.5. The summed E-state index contributed by atoms with van der Waals surface area (Å²) >= 11 is 0. The summed E-state index contributed by atoms with van der Waals surface area (Å²) in [5.41, 5.74) is 4.37. The van der Waals surface area contributed by atoms with E-state index in [1.165, 1.54) is 0 Å². The van der Waals surface area contributed by atoms with Crippen molar-refractivity contribution in [3.8, 4) is 0 Å². The van der Waals surface area contributed by atoms with Crippen molar-refractivity contribution in [2.75, 3.05) is 0 Å². The molecule has 0 aliphatic rings. The Balaban J connectivity index is 2.90. The number of benzene rings is 1. The van der Waals surface area contributed by atoms with Gasteiger partial charge in [-0.05, 0) is 36.5 Å². The lowest BCUT2D eigenvalue weighted by Crippen LogP contribution is -2.32. The molecule has 16 heavy (non-hydrogen) atoms. The molecule has 3 N–H and O–H groups in total. The molecule has 0 heterocycles. The molecule has 90 valence electrons. The van der Waals surface area contributed by atoms with Gasteiger partial charge in [-0.3, -0.25) is 11.3 Å². The molecule has 0 amide bonds. The molecule has 0 bridgehead atoms. The molecular weight excluding hydrogens is 203 g/mol. The molecule has 0 saturated heterocycles. The maximum absolute atomic E-state index is 13.5. The third-order valence-electron chi connectivity index (χ3n) is 3.05. The van der Waals surface area contributed by atoms with Gasteiger partial charge in [-0.2, -0.15) is 0 Å². The fourth-order valence-corrected chi connectivity index (χ4v) is 2.01. The number of rotatable bonds is 5. The van der Waals surface area contributed by atoms with Crippen molar-refractivity contribution in [3.63, 3.8) is 0 Å². The molecule has 0 radical (unpaired) electrons. The summed E-state index contributed by atoms with van der Waals surface area (Å²) in [4.78, 5) is 0. The van der Waals surface area contributed by atoms with E-state index in [4.69, 9.17) is 5.84 Å². The lowest BCUT2D eigenvalue weighted by molar-refractivity contribution is 0.367. The van der Waals surface area contributed by atoms with E-state index in [0.29, 0.717) is 11.5 Å². The highest BCUT2D eigenvalue weighted by molar-refractivity contribution is 5.26. The second kappa shape index (κ2) is 5.97. The van der Waals surface area contributed by atoms with Gasteiger partial charge in [0.15, 0.2) is 0 Å². The van der Waals surface area contributed by atoms with Crippen molar-refractivity contribution in [2.24, 2.45) is 11.8 Å². The van der Waals surface area contributed by atoms with Crippen molar-refractivity contribution in [1.82, 2.24) is 5.43 Å². The van der Waals surface area contributed by atoms with Crippen molar-refractivity contribution in [2.45, 2.75) is 39.7 Å². The van der Waals surface area contributed by atoms with Crippen LogP contribution in [0.1, 0.15) is 43.9 Å². The molecule has 1 aromatic rings. The molecule has 2 nitrogen and oxygen atoms in total. The molecule has 3 heteroatoms. The quantitative estimate of drug-likeness (QED) is 0.596. The summed E-state index contributed by atoms with van der Waals surface area (Å²) in [5.74, 6) is 5.79. The Labute approximate surface area is 97.0 Å². The molecular formula is C13H21FN2. The lowest BCUT2D eigenvalue weighted by atomic mass is 9.91. The second-order valence-electron chi connectivity index (χ2n) is 4.42. The summed E-state index contributed by atoms with van der Waals surface area (Å²) in [6.07, 6.45) is 2.18. The maximum Gasteiger partial charge on any atom is 0.126 e. The standard InChI is InChI=1S/C13H21FN2/c1-4-5-10(3)13(16-15)11-7-6-9(2)12(14)8-11/h6-8,10,13,16H,4-5,15H2,1-3H3. The number of nitrogens with one attached hydrogen (secondary N) is 1. The van der Waals surface area contributed by atoms with Crippen LogP contribution < -0.4 is 11.3 Å². The average molecular weight is 224 g/mol. The first-order valence-electron chi connectivity index (χ1n) is 5.82. The third kappa shape index (κ3) is 3.03. The molecule has 2 atom stereocenters. The van der Waals surface area contributed by atoms with Crippen molar-refractivity contribution < 1.29 is 4.39 Å². The Morgan fingerprint density at radius 1 is 1.44 bits per heavy atom. The zero-order valence-electron chi connectivity index (χ0n) is 10.3. The fourth-order valence-electron chi connectivity index (χ4n) is 2.01. The van der Waals surface area contributed by atoms with Crippen LogP contribution >= 0.6 is 0 Å². The highest BCUT2D eigenvalue weighted by Gasteiger charge is 2.17. The predicted octanol–water partition coefficient (Wildman–Crippen LogP) is 3.07. The number of halogens is 1. The summed E-state index contributed by atoms with van der Waals surface area (Å²) in [6.45, 7) is 6.03. The molecule has 1 aromatic carbocycles. The zero-order chi connectivity index (χ0) is 12.1. The highest BCUT2D eigenvalue weighted by atomic mass is 19.1. The van der Waals surface area contributed by atoms with Crippen LogP contribution in [0.15, 0.2) is 18.2 Å². The minimum atomic E-state index is -0.165. The first-order valence-corrected chi connectivity index (χ1v) is 5.82. The van der Waals surface area contributed by atoms with Gasteiger partial charge in [-0.1, -0.05) is 32.4 Å². The van der Waals surface area contributed by atoms with Crippen molar-refractivity contribution in [1.29, 1.82) is 0 Å². The molecule has 0 saturated carbocycles. The van der Waals surface area contributed by atoms with Gasteiger partial charge in [0.1, 0.15) is 5.82 Å². The topological polar surface area (TPSA) is 38.0 Å². The van der Waals surface area contributed by atoms with E-state index in [1.54, 1.807) is 19.1 Å². The summed E-state index contributed by atoms with van der Waals surface area (Å²) in [5, 5.41) is 0. The minimum Gasteiger partial charge on any atom is -0.271 e. The van der Waals surface area contributed by atoms with Crippen LogP contribution in [-0.2, 0) is 0 Å². The van der Waals surface area contributed by atoms with Crippen LogP contribution in [0, 0.1) is 18.7 Å². The van der Waals surface area contributed by atoms with E-state index in [2.05, 4.69) is 19.3 Å². The van der Waals surface area contributed by atoms with Crippen molar-refractivity contribution >= 4 is 0 Å². The van der Waals surface area contributed by atoms with Gasteiger partial charge in [0.05, 0.1) is 0 Å². The van der Waals surface area contributed by atoms with E-state index in [-0.39, 0.29) is 11.9 Å². The molecule has 0 aromatic heterocycles. The molecule has 0 spiro atoms. The predicted molar refractivity (Wildman–Crippen MR) is 65.3 cm³/mol. The third-order valence-corrected chi connectivity index (χ3v) is 3.05. The SMILES string of the molecule is CCCC(C)C(NN)c1ccc(C)c(F)c1. The van der Waals surface area contributed by atoms with Crippen LogP contribution in [0.4, 0.5) is 4.39 Å². The number of aryl methyl sites for hydroxylation is 1. The van der Waals surface area contributed by atoms with Crippen LogP contribution in [-0.4, -0.2) is 0 Å². The van der Waals surface area contributed by atoms with Crippen LogP contribution in [0.3, 0.4) is 0 Å². The number of hydrogen-bond acceptors (Lipinski definition) is 2. The largest absolute Gasteiger partial charge is 0.271 e. The highest BCUT2D eigenvalue weighted by Crippen LogP contribution is 2.25. The average Bonchev–Trinajstić information content (AvgIpc) is 2.25. The molecule has 0 aliphatic carbocycles. The van der Waals surface area contributed by atoms with Crippen molar-refractivity contribution in [3.05, 3.63) is 35.1 Å². The lowest BCUT2D eigenvalue weighted by Gasteiger charge is -2.23. The fraction of sp³-hybridized carbons (Fsp3) is 0.538. The van der Waals surface area contributed by atoms with E-state index in [0.717, 1.165) is 18.4 Å². The normalized spacial score (nSPS) is 14.8. The van der Waals surface area contributed by atoms with E-state index in [1.807, 2.05) is 6.07 Å². The summed E-state index contributed by atoms with van der Waals surface area (Å²) in [7, 11) is 0. The van der Waals surface area contributed by atoms with Gasteiger partial charge in [0.2, 0.25) is 0 Å². The minimum absolute atomic E-state index is 0.0232. The Morgan fingerprint density at radius 2 is 2.12 bits per heavy atom. The van der Waals surface area contributed by atoms with Gasteiger partial charge in [0.25, 0.3) is 0 Å².